The summed E-state index contributed by atoms with van der Waals surface area (Å²) in [4.78, 5) is 0. The summed E-state index contributed by atoms with van der Waals surface area (Å²) >= 11 is 0. The van der Waals surface area contributed by atoms with Gasteiger partial charge in [0.05, 0.1) is 6.20 Å². The van der Waals surface area contributed by atoms with E-state index in [9.17, 15) is 5.11 Å². The number of nitrogens with zero attached hydrogens (tertiary/aromatic N) is 2. The number of benzene rings is 1. The zero-order valence-electron chi connectivity index (χ0n) is 13.6. The first-order chi connectivity index (χ1) is 9.79. The molecule has 21 heavy (non-hydrogen) atoms. The number of nitrogens with one attached hydrogen (secondary N) is 1. The standard InChI is InChI=1S/C17H25N3O/c1-12-6-13(2)16(14(3)7-12)9-18-11-17(4,21)15-8-19-20(5)10-15/h6-8,10,18,21H,9,11H2,1-5H3. The minimum atomic E-state index is -0.916. The van der Waals surface area contributed by atoms with E-state index in [0.29, 0.717) is 6.54 Å². The van der Waals surface area contributed by atoms with Gasteiger partial charge in [-0.1, -0.05) is 17.7 Å². The Kier molecular flexibility index (Phi) is 4.49. The molecule has 0 spiro atoms. The molecule has 4 heteroatoms. The maximum atomic E-state index is 10.5. The van der Waals surface area contributed by atoms with Crippen LogP contribution >= 0.6 is 0 Å². The first-order valence-corrected chi connectivity index (χ1v) is 7.28. The van der Waals surface area contributed by atoms with Crippen LogP contribution in [0.3, 0.4) is 0 Å². The van der Waals surface area contributed by atoms with Crippen LogP contribution in [-0.4, -0.2) is 21.4 Å². The van der Waals surface area contributed by atoms with Crippen LogP contribution in [0.5, 0.6) is 0 Å². The minimum Gasteiger partial charge on any atom is -0.384 e. The molecule has 0 radical (unpaired) electrons. The first-order valence-electron chi connectivity index (χ1n) is 7.28. The highest BCUT2D eigenvalue weighted by Crippen LogP contribution is 2.20. The van der Waals surface area contributed by atoms with Crippen LogP contribution in [0.2, 0.25) is 0 Å². The Hall–Kier alpha value is -1.65. The molecule has 0 aliphatic heterocycles. The molecule has 0 fully saturated rings. The molecule has 0 saturated carbocycles. The average Bonchev–Trinajstić information content (AvgIpc) is 2.80. The molecule has 114 valence electrons. The summed E-state index contributed by atoms with van der Waals surface area (Å²) in [7, 11) is 1.85. The predicted octanol–water partition coefficient (Wildman–Crippen LogP) is 2.34. The van der Waals surface area contributed by atoms with Gasteiger partial charge in [-0.15, -0.1) is 0 Å². The number of aryl methyl sites for hydroxylation is 4. The summed E-state index contributed by atoms with van der Waals surface area (Å²) in [5.41, 5.74) is 5.09. The van der Waals surface area contributed by atoms with Crippen molar-refractivity contribution in [3.05, 3.63) is 52.3 Å². The molecule has 0 aliphatic rings. The lowest BCUT2D eigenvalue weighted by Crippen LogP contribution is -2.35. The molecular weight excluding hydrogens is 262 g/mol. The van der Waals surface area contributed by atoms with Gasteiger partial charge in [-0.3, -0.25) is 4.68 Å². The molecule has 1 unspecified atom stereocenters. The molecule has 1 aromatic carbocycles. The Morgan fingerprint density at radius 1 is 1.24 bits per heavy atom. The average molecular weight is 287 g/mol. The van der Waals surface area contributed by atoms with E-state index in [2.05, 4.69) is 43.3 Å². The van der Waals surface area contributed by atoms with Gasteiger partial charge in [0, 0.05) is 31.9 Å². The number of rotatable bonds is 5. The van der Waals surface area contributed by atoms with Crippen LogP contribution in [0.1, 0.15) is 34.7 Å². The summed E-state index contributed by atoms with van der Waals surface area (Å²) in [5.74, 6) is 0. The Bertz CT molecular complexity index is 606. The summed E-state index contributed by atoms with van der Waals surface area (Å²) in [5, 5.41) is 18.0. The van der Waals surface area contributed by atoms with E-state index < -0.39 is 5.60 Å². The topological polar surface area (TPSA) is 50.1 Å². The molecule has 0 bridgehead atoms. The fraction of sp³-hybridized carbons (Fsp3) is 0.471. The lowest BCUT2D eigenvalue weighted by atomic mass is 9.98. The smallest absolute Gasteiger partial charge is 0.102 e. The highest BCUT2D eigenvalue weighted by atomic mass is 16.3. The van der Waals surface area contributed by atoms with Gasteiger partial charge in [-0.05, 0) is 44.4 Å². The minimum absolute atomic E-state index is 0.492. The lowest BCUT2D eigenvalue weighted by molar-refractivity contribution is 0.0565. The van der Waals surface area contributed by atoms with Gasteiger partial charge < -0.3 is 10.4 Å². The number of hydrogen-bond acceptors (Lipinski definition) is 3. The van der Waals surface area contributed by atoms with E-state index in [1.807, 2.05) is 20.2 Å². The van der Waals surface area contributed by atoms with Crippen molar-refractivity contribution in [2.45, 2.75) is 39.8 Å². The summed E-state index contributed by atoms with van der Waals surface area (Å²) < 4.78 is 1.71. The second-order valence-electron chi connectivity index (χ2n) is 6.16. The predicted molar refractivity (Wildman–Crippen MR) is 85.1 cm³/mol. The van der Waals surface area contributed by atoms with Gasteiger partial charge in [0.25, 0.3) is 0 Å². The molecule has 2 rings (SSSR count). The third-order valence-corrected chi connectivity index (χ3v) is 3.94. The monoisotopic (exact) mass is 287 g/mol. The second kappa shape index (κ2) is 6.00. The van der Waals surface area contributed by atoms with Crippen LogP contribution in [0.25, 0.3) is 0 Å². The molecule has 4 nitrogen and oxygen atoms in total. The maximum Gasteiger partial charge on any atom is 0.102 e. The Labute approximate surface area is 126 Å². The van der Waals surface area contributed by atoms with Crippen molar-refractivity contribution >= 4 is 0 Å². The molecule has 0 saturated heterocycles. The molecule has 2 aromatic rings. The fourth-order valence-electron chi connectivity index (χ4n) is 2.72. The summed E-state index contributed by atoms with van der Waals surface area (Å²) in [6.07, 6.45) is 3.56. The third-order valence-electron chi connectivity index (χ3n) is 3.94. The number of aromatic nitrogens is 2. The number of aliphatic hydroxyl groups is 1. The maximum absolute atomic E-state index is 10.5. The summed E-state index contributed by atoms with van der Waals surface area (Å²) in [6.45, 7) is 9.45. The third kappa shape index (κ3) is 3.71. The molecule has 1 aromatic heterocycles. The van der Waals surface area contributed by atoms with Gasteiger partial charge in [0.1, 0.15) is 5.60 Å². The van der Waals surface area contributed by atoms with E-state index in [4.69, 9.17) is 0 Å². The van der Waals surface area contributed by atoms with Crippen LogP contribution in [0, 0.1) is 20.8 Å². The molecular formula is C17H25N3O. The van der Waals surface area contributed by atoms with Crippen LogP contribution in [-0.2, 0) is 19.2 Å². The fourth-order valence-corrected chi connectivity index (χ4v) is 2.72. The van der Waals surface area contributed by atoms with Crippen molar-refractivity contribution in [1.29, 1.82) is 0 Å². The van der Waals surface area contributed by atoms with Gasteiger partial charge >= 0.3 is 0 Å². The molecule has 0 aliphatic carbocycles. The van der Waals surface area contributed by atoms with E-state index in [1.54, 1.807) is 10.9 Å². The van der Waals surface area contributed by atoms with Gasteiger partial charge in [-0.2, -0.15) is 5.10 Å². The highest BCUT2D eigenvalue weighted by molar-refractivity contribution is 5.37. The molecule has 0 amide bonds. The van der Waals surface area contributed by atoms with E-state index >= 15 is 0 Å². The molecule has 1 heterocycles. The quantitative estimate of drug-likeness (QED) is 0.887. The van der Waals surface area contributed by atoms with E-state index in [0.717, 1.165) is 12.1 Å². The largest absolute Gasteiger partial charge is 0.384 e. The Morgan fingerprint density at radius 2 is 1.86 bits per heavy atom. The number of hydrogen-bond donors (Lipinski definition) is 2. The molecule has 1 atom stereocenters. The van der Waals surface area contributed by atoms with Crippen molar-refractivity contribution in [1.82, 2.24) is 15.1 Å². The summed E-state index contributed by atoms with van der Waals surface area (Å²) in [6, 6.07) is 4.40. The van der Waals surface area contributed by atoms with Crippen molar-refractivity contribution in [2.24, 2.45) is 7.05 Å². The van der Waals surface area contributed by atoms with Gasteiger partial charge in [0.15, 0.2) is 0 Å². The Balaban J connectivity index is 2.01. The van der Waals surface area contributed by atoms with E-state index in [1.165, 1.54) is 22.3 Å². The molecule has 2 N–H and O–H groups in total. The highest BCUT2D eigenvalue weighted by Gasteiger charge is 2.24. The van der Waals surface area contributed by atoms with Crippen LogP contribution in [0.4, 0.5) is 0 Å². The lowest BCUT2D eigenvalue weighted by Gasteiger charge is -2.23. The zero-order valence-corrected chi connectivity index (χ0v) is 13.6. The van der Waals surface area contributed by atoms with Crippen molar-refractivity contribution in [3.63, 3.8) is 0 Å². The SMILES string of the molecule is Cc1cc(C)c(CNCC(C)(O)c2cnn(C)c2)c(C)c1. The van der Waals surface area contributed by atoms with Crippen molar-refractivity contribution in [2.75, 3.05) is 6.54 Å². The zero-order chi connectivity index (χ0) is 15.6. The van der Waals surface area contributed by atoms with Gasteiger partial charge in [0.2, 0.25) is 0 Å². The van der Waals surface area contributed by atoms with E-state index in [-0.39, 0.29) is 0 Å². The van der Waals surface area contributed by atoms with Crippen molar-refractivity contribution in [3.8, 4) is 0 Å². The second-order valence-corrected chi connectivity index (χ2v) is 6.16. The Morgan fingerprint density at radius 3 is 2.38 bits per heavy atom. The van der Waals surface area contributed by atoms with Crippen molar-refractivity contribution < 1.29 is 5.11 Å². The van der Waals surface area contributed by atoms with Crippen LogP contribution in [0.15, 0.2) is 24.5 Å². The van der Waals surface area contributed by atoms with Crippen LogP contribution < -0.4 is 5.32 Å². The normalized spacial score (nSPS) is 14.2. The first kappa shape index (κ1) is 15.7. The van der Waals surface area contributed by atoms with Gasteiger partial charge in [-0.25, -0.2) is 0 Å².